The topological polar surface area (TPSA) is 215 Å². The van der Waals surface area contributed by atoms with Crippen LogP contribution in [-0.4, -0.2) is 192 Å². The normalized spacial score (nSPS) is 27.9. The summed E-state index contributed by atoms with van der Waals surface area (Å²) < 4.78 is 102. The molecule has 436 valence electrons. The summed E-state index contributed by atoms with van der Waals surface area (Å²) >= 11 is 0. The first kappa shape index (κ1) is 61.0. The fraction of sp³-hybridized carbons (Fsp3) is 0.542. The van der Waals surface area contributed by atoms with Crippen LogP contribution >= 0.6 is 0 Å². The van der Waals surface area contributed by atoms with Gasteiger partial charge in [-0.1, -0.05) is 48.5 Å². The molecule has 21 heteroatoms. The summed E-state index contributed by atoms with van der Waals surface area (Å²) in [5.74, 6) is -8.21. The third kappa shape index (κ3) is 11.5. The minimum absolute atomic E-state index is 0.0687. The van der Waals surface area contributed by atoms with E-state index in [1.165, 1.54) is 76.8 Å². The number of hydrogen-bond donors (Lipinski definition) is 4. The Bertz CT molecular complexity index is 2940. The van der Waals surface area contributed by atoms with Gasteiger partial charge in [0.2, 0.25) is 20.0 Å². The zero-order valence-corrected chi connectivity index (χ0v) is 48.7. The Morgan fingerprint density at radius 3 is 1.34 bits per heavy atom. The number of halogens is 2. The number of hydrogen-bond acceptors (Lipinski definition) is 15. The molecule has 8 rings (SSSR count). The number of aromatic hydroxyl groups is 2. The summed E-state index contributed by atoms with van der Waals surface area (Å²) in [7, 11) is -2.18. The van der Waals surface area contributed by atoms with E-state index in [0.29, 0.717) is 63.0 Å². The Morgan fingerprint density at radius 2 is 1.01 bits per heavy atom. The summed E-state index contributed by atoms with van der Waals surface area (Å²) in [4.78, 5) is 54.6. The molecule has 4 heterocycles. The van der Waals surface area contributed by atoms with E-state index in [0.717, 1.165) is 21.1 Å². The van der Waals surface area contributed by atoms with Crippen LogP contribution in [0.1, 0.15) is 80.5 Å². The molecule has 2 unspecified atom stereocenters. The third-order valence-electron chi connectivity index (χ3n) is 18.0. The quantitative estimate of drug-likeness (QED) is 0.0731. The molecule has 4 aromatic rings. The van der Waals surface area contributed by atoms with E-state index in [9.17, 15) is 27.0 Å². The van der Waals surface area contributed by atoms with E-state index in [1.54, 1.807) is 60.0 Å². The largest absolute Gasteiger partial charge is 0.508 e. The first-order valence-corrected chi connectivity index (χ1v) is 31.1. The number of ether oxygens (including phenoxy) is 2. The molecule has 0 aromatic heterocycles. The minimum Gasteiger partial charge on any atom is -0.508 e. The lowest BCUT2D eigenvalue weighted by Crippen LogP contribution is -2.74. The summed E-state index contributed by atoms with van der Waals surface area (Å²) in [6.07, 6.45) is 4.42. The molecule has 0 amide bonds. The highest BCUT2D eigenvalue weighted by molar-refractivity contribution is 7.88. The van der Waals surface area contributed by atoms with Crippen molar-refractivity contribution < 1.29 is 59.7 Å². The highest BCUT2D eigenvalue weighted by Crippen LogP contribution is 2.61. The monoisotopic (exact) mass is 1150 g/mol. The average Bonchev–Trinajstić information content (AvgIpc) is 3.33. The number of ketones is 3. The molecule has 4 saturated heterocycles. The molecular formula is C59H78F2N6O11S2. The van der Waals surface area contributed by atoms with Gasteiger partial charge in [0, 0.05) is 77.5 Å². The standard InChI is InChI=1S/C59H78F2N6O11S2/c1-37-45(21-11-23-47(37)60)49-51(41-17-13-25-62-33-41)58(35-77-5,66(29-27-64(3)79(7,73)74)53(49)55(70)39-15-9-19-43(68)31-39)57(72)59(36-78-6)52(42-18-14-26-63-34-42)50(46-22-12-24-48(61)38(46)2)54(56(71)40-16-10-20-44(69)32-40)67(59)30-28-65(4)80(8,75)76/h9-12,15-16,19-24,31-32,41-42,49-54,62-63,68-69H,13-14,17-18,25-30,33-36H2,1-8H3/t41?,42?,49-,50-,51-,52-,53-,54-,58-,59-/m0/s1. The second-order valence-electron chi connectivity index (χ2n) is 22.5. The number of phenolic OH excluding ortho intramolecular Hbond substituents is 2. The SMILES string of the molecule is COC[C@@]1(C(=O)[C@]2(COC)[C@@H](C3CCCNC3)[C@H](c3cccc(F)c3C)[C@@H](C(=O)c3cccc(O)c3)N2CCN(C)S(C)(=O)=O)[C@@H](C2CCCNC2)[C@H](c2cccc(F)c2C)[C@@H](C(=O)c2cccc(O)c2)N1CCN(C)S(C)(=O)=O. The van der Waals surface area contributed by atoms with Crippen LogP contribution in [0.4, 0.5) is 8.78 Å². The number of carbonyl (C=O) groups excluding carboxylic acids is 3. The van der Waals surface area contributed by atoms with Crippen molar-refractivity contribution in [3.63, 3.8) is 0 Å². The van der Waals surface area contributed by atoms with Crippen molar-refractivity contribution in [2.45, 2.75) is 74.5 Å². The predicted octanol–water partition coefficient (Wildman–Crippen LogP) is 5.35. The zero-order valence-electron chi connectivity index (χ0n) is 47.0. The number of methoxy groups -OCH3 is 2. The van der Waals surface area contributed by atoms with Gasteiger partial charge in [-0.3, -0.25) is 24.2 Å². The summed E-state index contributed by atoms with van der Waals surface area (Å²) in [6, 6.07) is 18.1. The molecule has 4 N–H and O–H groups in total. The molecule has 0 bridgehead atoms. The van der Waals surface area contributed by atoms with E-state index in [4.69, 9.17) is 9.47 Å². The third-order valence-corrected chi connectivity index (χ3v) is 20.7. The Hall–Kier alpha value is -5.07. The average molecular weight is 1150 g/mol. The smallest absolute Gasteiger partial charge is 0.210 e. The van der Waals surface area contributed by atoms with E-state index in [2.05, 4.69) is 10.6 Å². The number of benzene rings is 4. The van der Waals surface area contributed by atoms with Crippen LogP contribution in [0.2, 0.25) is 0 Å². The maximum absolute atomic E-state index is 18.7. The van der Waals surface area contributed by atoms with Gasteiger partial charge in [0.15, 0.2) is 17.3 Å². The Balaban J connectivity index is 1.57. The Labute approximate surface area is 470 Å². The lowest BCUT2D eigenvalue weighted by molar-refractivity contribution is -0.159. The number of piperidine rings is 2. The number of phenols is 2. The van der Waals surface area contributed by atoms with Crippen LogP contribution in [0.15, 0.2) is 84.9 Å². The molecular weight excluding hydrogens is 1070 g/mol. The van der Waals surface area contributed by atoms with E-state index in [1.807, 2.05) is 0 Å². The molecule has 4 fully saturated rings. The second-order valence-corrected chi connectivity index (χ2v) is 26.7. The van der Waals surface area contributed by atoms with Crippen LogP contribution in [0.5, 0.6) is 11.5 Å². The van der Waals surface area contributed by atoms with Gasteiger partial charge in [0.05, 0.1) is 37.8 Å². The van der Waals surface area contributed by atoms with Crippen LogP contribution in [0.3, 0.4) is 0 Å². The van der Waals surface area contributed by atoms with Crippen LogP contribution in [-0.2, 0) is 34.3 Å². The number of likely N-dealkylation sites (tertiary alicyclic amines) is 2. The molecule has 4 aromatic carbocycles. The maximum atomic E-state index is 18.7. The molecule has 10 atom stereocenters. The van der Waals surface area contributed by atoms with Crippen LogP contribution < -0.4 is 10.6 Å². The highest BCUT2D eigenvalue weighted by atomic mass is 32.2. The fourth-order valence-corrected chi connectivity index (χ4v) is 15.2. The molecule has 0 radical (unpaired) electrons. The number of carbonyl (C=O) groups is 3. The van der Waals surface area contributed by atoms with Crippen LogP contribution in [0.25, 0.3) is 0 Å². The van der Waals surface area contributed by atoms with E-state index < -0.39 is 121 Å². The summed E-state index contributed by atoms with van der Waals surface area (Å²) in [5.41, 5.74) is -2.67. The molecule has 4 aliphatic heterocycles. The van der Waals surface area contributed by atoms with Crippen LogP contribution in [0, 0.1) is 49.2 Å². The minimum atomic E-state index is -3.92. The molecule has 0 saturated carbocycles. The molecule has 80 heavy (non-hydrogen) atoms. The van der Waals surface area contributed by atoms with E-state index in [-0.39, 0.29) is 59.9 Å². The molecule has 0 spiro atoms. The Kier molecular flexibility index (Phi) is 18.9. The van der Waals surface area contributed by atoms with Crippen molar-refractivity contribution >= 4 is 37.4 Å². The maximum Gasteiger partial charge on any atom is 0.210 e. The number of Topliss-reactive ketones (excluding diaryl/α,β-unsaturated/α-hetero) is 3. The molecule has 17 nitrogen and oxygen atoms in total. The van der Waals surface area contributed by atoms with Gasteiger partial charge >= 0.3 is 0 Å². The number of likely N-dealkylation sites (N-methyl/N-ethyl adjacent to an activating group) is 2. The van der Waals surface area contributed by atoms with Crippen molar-refractivity contribution in [2.24, 2.45) is 23.7 Å². The lowest BCUT2D eigenvalue weighted by Gasteiger charge is -2.54. The van der Waals surface area contributed by atoms with Gasteiger partial charge in [-0.05, 0) is 148 Å². The Morgan fingerprint density at radius 1 is 0.637 bits per heavy atom. The van der Waals surface area contributed by atoms with Gasteiger partial charge in [0.1, 0.15) is 34.2 Å². The van der Waals surface area contributed by atoms with Crippen molar-refractivity contribution in [1.82, 2.24) is 29.0 Å². The first-order chi connectivity index (χ1) is 37.9. The lowest BCUT2D eigenvalue weighted by atomic mass is 9.58. The van der Waals surface area contributed by atoms with Crippen molar-refractivity contribution in [3.8, 4) is 11.5 Å². The zero-order chi connectivity index (χ0) is 58.1. The summed E-state index contributed by atoms with van der Waals surface area (Å²) in [6.45, 7) is 3.23. The summed E-state index contributed by atoms with van der Waals surface area (Å²) in [5, 5.41) is 29.1. The first-order valence-electron chi connectivity index (χ1n) is 27.4. The van der Waals surface area contributed by atoms with Gasteiger partial charge in [-0.2, -0.15) is 0 Å². The number of nitrogens with zero attached hydrogens (tertiary/aromatic N) is 4. The number of rotatable bonds is 22. The highest BCUT2D eigenvalue weighted by Gasteiger charge is 2.75. The van der Waals surface area contributed by atoms with Crippen molar-refractivity contribution in [1.29, 1.82) is 0 Å². The van der Waals surface area contributed by atoms with Crippen molar-refractivity contribution in [2.75, 3.05) is 106 Å². The fourth-order valence-electron chi connectivity index (χ4n) is 14.3. The van der Waals surface area contributed by atoms with Gasteiger partial charge in [0.25, 0.3) is 0 Å². The van der Waals surface area contributed by atoms with Gasteiger partial charge in [-0.15, -0.1) is 0 Å². The van der Waals surface area contributed by atoms with Gasteiger partial charge < -0.3 is 30.3 Å². The molecule has 0 aliphatic carbocycles. The van der Waals surface area contributed by atoms with Crippen molar-refractivity contribution in [3.05, 3.63) is 130 Å². The number of nitrogens with one attached hydrogen (secondary N) is 2. The van der Waals surface area contributed by atoms with Gasteiger partial charge in [-0.25, -0.2) is 34.2 Å². The second kappa shape index (κ2) is 24.8. The predicted molar refractivity (Wildman–Crippen MR) is 301 cm³/mol. The molecule has 4 aliphatic rings. The number of sulfonamides is 2. The van der Waals surface area contributed by atoms with E-state index >= 15 is 23.2 Å².